The summed E-state index contributed by atoms with van der Waals surface area (Å²) in [5, 5.41) is 11.0. The van der Waals surface area contributed by atoms with Crippen LogP contribution in [0.2, 0.25) is 0 Å². The van der Waals surface area contributed by atoms with E-state index in [0.717, 1.165) is 35.3 Å². The molecule has 4 rings (SSSR count). The molecular weight excluding hydrogens is 288 g/mol. The Morgan fingerprint density at radius 2 is 2.29 bits per heavy atom. The molecular formula is C14H16N4O2S. The quantitative estimate of drug-likeness (QED) is 0.848. The van der Waals surface area contributed by atoms with Gasteiger partial charge in [0.25, 0.3) is 0 Å². The number of aliphatic hydroxyl groups excluding tert-OH is 1. The molecule has 2 aromatic heterocycles. The molecule has 0 aromatic carbocycles. The number of fused-ring (bicyclic) bond motifs is 3. The minimum absolute atomic E-state index is 0.368. The first-order valence-corrected chi connectivity index (χ1v) is 7.96. The normalized spacial score (nSPS) is 24.7. The number of thiophene rings is 1. The number of carbonyl (C=O) groups is 1. The monoisotopic (exact) mass is 304 g/mol. The van der Waals surface area contributed by atoms with E-state index >= 15 is 0 Å². The molecule has 1 fully saturated rings. The number of β-amino-alcohol motifs (C(OH)–C–C–N with tert-alkyl or cyclic N) is 1. The molecule has 21 heavy (non-hydrogen) atoms. The van der Waals surface area contributed by atoms with Crippen LogP contribution in [0.4, 0.5) is 5.82 Å². The number of carbonyl (C=O) groups excluding carboxylic acids is 1. The minimum Gasteiger partial charge on any atom is -0.391 e. The molecule has 6 nitrogen and oxygen atoms in total. The largest absolute Gasteiger partial charge is 0.391 e. The number of aliphatic hydroxyl groups is 1. The van der Waals surface area contributed by atoms with Crippen LogP contribution in [-0.2, 0) is 17.6 Å². The van der Waals surface area contributed by atoms with E-state index in [4.69, 9.17) is 5.73 Å². The lowest BCUT2D eigenvalue weighted by atomic mass is 10.1. The lowest BCUT2D eigenvalue weighted by Crippen LogP contribution is -2.40. The van der Waals surface area contributed by atoms with Crippen LogP contribution in [0.25, 0.3) is 10.2 Å². The number of aromatic nitrogens is 2. The zero-order valence-corrected chi connectivity index (χ0v) is 12.3. The summed E-state index contributed by atoms with van der Waals surface area (Å²) in [5.74, 6) is 0.338. The van der Waals surface area contributed by atoms with Gasteiger partial charge in [-0.3, -0.25) is 4.79 Å². The highest BCUT2D eigenvalue weighted by atomic mass is 32.1. The third kappa shape index (κ3) is 1.91. The van der Waals surface area contributed by atoms with Crippen LogP contribution in [0.1, 0.15) is 23.3 Å². The highest BCUT2D eigenvalue weighted by Gasteiger charge is 2.37. The molecule has 1 aliphatic carbocycles. The Balaban J connectivity index is 1.88. The summed E-state index contributed by atoms with van der Waals surface area (Å²) in [4.78, 5) is 24.6. The second-order valence-corrected chi connectivity index (χ2v) is 6.78. The molecule has 110 valence electrons. The summed E-state index contributed by atoms with van der Waals surface area (Å²) in [6.07, 6.45) is 4.65. The zero-order chi connectivity index (χ0) is 14.6. The van der Waals surface area contributed by atoms with Gasteiger partial charge in [-0.05, 0) is 24.8 Å². The number of hydrogen-bond acceptors (Lipinski definition) is 6. The highest BCUT2D eigenvalue weighted by Crippen LogP contribution is 2.41. The van der Waals surface area contributed by atoms with E-state index in [2.05, 4.69) is 9.97 Å². The molecule has 1 amide bonds. The van der Waals surface area contributed by atoms with E-state index in [1.54, 1.807) is 11.3 Å². The number of rotatable bonds is 2. The van der Waals surface area contributed by atoms with Crippen molar-refractivity contribution < 1.29 is 9.90 Å². The number of hydrogen-bond donors (Lipinski definition) is 2. The molecule has 2 aromatic rings. The van der Waals surface area contributed by atoms with Gasteiger partial charge in [-0.25, -0.2) is 9.97 Å². The van der Waals surface area contributed by atoms with Gasteiger partial charge in [-0.1, -0.05) is 0 Å². The summed E-state index contributed by atoms with van der Waals surface area (Å²) in [7, 11) is 0. The number of amides is 1. The van der Waals surface area contributed by atoms with E-state index in [-0.39, 0.29) is 0 Å². The molecule has 0 radical (unpaired) electrons. The fourth-order valence-electron chi connectivity index (χ4n) is 3.45. The van der Waals surface area contributed by atoms with E-state index in [1.165, 1.54) is 16.8 Å². The summed E-state index contributed by atoms with van der Waals surface area (Å²) >= 11 is 1.71. The SMILES string of the molecule is NC(=O)C1CC(O)CN1c1ncnc2sc3c(c12)CCC3. The van der Waals surface area contributed by atoms with Gasteiger partial charge in [0.15, 0.2) is 0 Å². The molecule has 0 bridgehead atoms. The predicted octanol–water partition coefficient (Wildman–Crippen LogP) is 0.605. The number of nitrogens with zero attached hydrogens (tertiary/aromatic N) is 3. The summed E-state index contributed by atoms with van der Waals surface area (Å²) < 4.78 is 0. The first kappa shape index (κ1) is 13.0. The molecule has 1 saturated heterocycles. The maximum Gasteiger partial charge on any atom is 0.240 e. The van der Waals surface area contributed by atoms with E-state index in [9.17, 15) is 9.90 Å². The fourth-order valence-corrected chi connectivity index (χ4v) is 4.67. The summed E-state index contributed by atoms with van der Waals surface area (Å²) in [5.41, 5.74) is 6.80. The van der Waals surface area contributed by atoms with Crippen molar-refractivity contribution in [3.63, 3.8) is 0 Å². The molecule has 0 spiro atoms. The van der Waals surface area contributed by atoms with Gasteiger partial charge in [0, 0.05) is 17.8 Å². The molecule has 7 heteroatoms. The average Bonchev–Trinajstić information content (AvgIpc) is 3.10. The number of aryl methyl sites for hydroxylation is 2. The molecule has 1 aliphatic heterocycles. The Morgan fingerprint density at radius 3 is 3.10 bits per heavy atom. The Bertz CT molecular complexity index is 729. The van der Waals surface area contributed by atoms with Crippen LogP contribution >= 0.6 is 11.3 Å². The van der Waals surface area contributed by atoms with Crippen molar-refractivity contribution in [3.8, 4) is 0 Å². The van der Waals surface area contributed by atoms with Crippen molar-refractivity contribution >= 4 is 33.3 Å². The van der Waals surface area contributed by atoms with Crippen molar-refractivity contribution in [1.29, 1.82) is 0 Å². The van der Waals surface area contributed by atoms with Gasteiger partial charge in [0.1, 0.15) is 23.0 Å². The number of nitrogens with two attached hydrogens (primary N) is 1. The predicted molar refractivity (Wildman–Crippen MR) is 80.4 cm³/mol. The minimum atomic E-state index is -0.542. The first-order chi connectivity index (χ1) is 10.1. The zero-order valence-electron chi connectivity index (χ0n) is 11.5. The average molecular weight is 304 g/mol. The van der Waals surface area contributed by atoms with Gasteiger partial charge in [0.05, 0.1) is 11.5 Å². The Morgan fingerprint density at radius 1 is 1.43 bits per heavy atom. The van der Waals surface area contributed by atoms with Crippen LogP contribution in [0, 0.1) is 0 Å². The second kappa shape index (κ2) is 4.64. The molecule has 2 unspecified atom stereocenters. The Hall–Kier alpha value is -1.73. The number of primary amides is 1. The van der Waals surface area contributed by atoms with Gasteiger partial charge < -0.3 is 15.7 Å². The fraction of sp³-hybridized carbons (Fsp3) is 0.500. The van der Waals surface area contributed by atoms with Gasteiger partial charge >= 0.3 is 0 Å². The first-order valence-electron chi connectivity index (χ1n) is 7.14. The van der Waals surface area contributed by atoms with E-state index in [1.807, 2.05) is 4.90 Å². The Labute approximate surface area is 125 Å². The molecule has 3 heterocycles. The smallest absolute Gasteiger partial charge is 0.240 e. The maximum absolute atomic E-state index is 11.7. The highest BCUT2D eigenvalue weighted by molar-refractivity contribution is 7.19. The third-order valence-electron chi connectivity index (χ3n) is 4.36. The van der Waals surface area contributed by atoms with Crippen LogP contribution in [-0.4, -0.2) is 39.7 Å². The van der Waals surface area contributed by atoms with Crippen LogP contribution < -0.4 is 10.6 Å². The summed E-state index contributed by atoms with van der Waals surface area (Å²) in [6, 6.07) is -0.491. The maximum atomic E-state index is 11.7. The molecule has 0 saturated carbocycles. The van der Waals surface area contributed by atoms with Gasteiger partial charge in [-0.2, -0.15) is 0 Å². The molecule has 3 N–H and O–H groups in total. The van der Waals surface area contributed by atoms with Crippen LogP contribution in [0.5, 0.6) is 0 Å². The van der Waals surface area contributed by atoms with E-state index in [0.29, 0.717) is 13.0 Å². The van der Waals surface area contributed by atoms with E-state index < -0.39 is 18.1 Å². The van der Waals surface area contributed by atoms with Gasteiger partial charge in [-0.15, -0.1) is 11.3 Å². The molecule has 2 atom stereocenters. The number of anilines is 1. The van der Waals surface area contributed by atoms with Crippen molar-refractivity contribution in [2.45, 2.75) is 37.8 Å². The Kier molecular flexibility index (Phi) is 2.87. The van der Waals surface area contributed by atoms with Crippen molar-refractivity contribution in [2.24, 2.45) is 5.73 Å². The standard InChI is InChI=1S/C14H16N4O2S/c15-12(20)9-4-7(19)5-18(9)13-11-8-2-1-3-10(8)21-14(11)17-6-16-13/h6-7,9,19H,1-5H2,(H2,15,20). The lowest BCUT2D eigenvalue weighted by Gasteiger charge is -2.23. The molecule has 2 aliphatic rings. The van der Waals surface area contributed by atoms with Crippen molar-refractivity contribution in [2.75, 3.05) is 11.4 Å². The van der Waals surface area contributed by atoms with Crippen molar-refractivity contribution in [1.82, 2.24) is 9.97 Å². The van der Waals surface area contributed by atoms with Gasteiger partial charge in [0.2, 0.25) is 5.91 Å². The van der Waals surface area contributed by atoms with Crippen LogP contribution in [0.3, 0.4) is 0 Å². The second-order valence-electron chi connectivity index (χ2n) is 5.69. The van der Waals surface area contributed by atoms with Crippen LogP contribution in [0.15, 0.2) is 6.33 Å². The lowest BCUT2D eigenvalue weighted by molar-refractivity contribution is -0.119. The third-order valence-corrected chi connectivity index (χ3v) is 5.56. The topological polar surface area (TPSA) is 92.3 Å². The summed E-state index contributed by atoms with van der Waals surface area (Å²) in [6.45, 7) is 0.393. The van der Waals surface area contributed by atoms with Crippen molar-refractivity contribution in [3.05, 3.63) is 16.8 Å².